The number of rotatable bonds is 2. The molecule has 0 aliphatic rings. The highest BCUT2D eigenvalue weighted by atomic mass is 16.4. The normalized spacial score (nSPS) is 12.9. The van der Waals surface area contributed by atoms with Gasteiger partial charge in [-0.25, -0.2) is 9.78 Å². The number of hydrogen-bond donors (Lipinski definition) is 1. The summed E-state index contributed by atoms with van der Waals surface area (Å²) in [4.78, 5) is 15.3. The van der Waals surface area contributed by atoms with Crippen LogP contribution >= 0.6 is 0 Å². The summed E-state index contributed by atoms with van der Waals surface area (Å²) in [7, 11) is 0. The topological polar surface area (TPSA) is 55.1 Å². The van der Waals surface area contributed by atoms with Gasteiger partial charge in [-0.2, -0.15) is 0 Å². The van der Waals surface area contributed by atoms with Crippen LogP contribution in [0, 0.1) is 0 Å². The van der Waals surface area contributed by atoms with Gasteiger partial charge in [0.25, 0.3) is 0 Å². The van der Waals surface area contributed by atoms with E-state index in [1.54, 1.807) is 30.9 Å². The molecule has 84 valence electrons. The number of carbonyl (C=O) groups is 1. The first-order valence-electron chi connectivity index (χ1n) is 4.94. The van der Waals surface area contributed by atoms with Crippen LogP contribution in [0.15, 0.2) is 12.5 Å². The lowest BCUT2D eigenvalue weighted by atomic mass is 9.93. The molecule has 4 heteroatoms. The average molecular weight is 210 g/mol. The summed E-state index contributed by atoms with van der Waals surface area (Å²) in [6, 6.07) is 0. The minimum atomic E-state index is -0.948. The van der Waals surface area contributed by atoms with Crippen LogP contribution in [0.2, 0.25) is 0 Å². The van der Waals surface area contributed by atoms with Crippen molar-refractivity contribution in [3.8, 4) is 0 Å². The second kappa shape index (κ2) is 3.36. The molecule has 1 aromatic heterocycles. The SMILES string of the molecule is CC(C)(C)c1cn(C(C)(C)C(=O)O)cn1. The molecule has 0 saturated carbocycles. The minimum absolute atomic E-state index is 0.0557. The van der Waals surface area contributed by atoms with Gasteiger partial charge < -0.3 is 9.67 Å². The van der Waals surface area contributed by atoms with E-state index in [0.29, 0.717) is 0 Å². The predicted octanol–water partition coefficient (Wildman–Crippen LogP) is 2.00. The van der Waals surface area contributed by atoms with Crippen molar-refractivity contribution in [3.63, 3.8) is 0 Å². The van der Waals surface area contributed by atoms with Gasteiger partial charge in [0.2, 0.25) is 0 Å². The van der Waals surface area contributed by atoms with Crippen LogP contribution in [0.25, 0.3) is 0 Å². The summed E-state index contributed by atoms with van der Waals surface area (Å²) in [5.41, 5.74) is -0.104. The fourth-order valence-electron chi connectivity index (χ4n) is 1.13. The van der Waals surface area contributed by atoms with Crippen LogP contribution in [0.5, 0.6) is 0 Å². The first-order valence-corrected chi connectivity index (χ1v) is 4.94. The van der Waals surface area contributed by atoms with Crippen molar-refractivity contribution >= 4 is 5.97 Å². The third-order valence-electron chi connectivity index (χ3n) is 2.52. The Morgan fingerprint density at radius 3 is 2.20 bits per heavy atom. The number of carboxylic acids is 1. The smallest absolute Gasteiger partial charge is 0.329 e. The van der Waals surface area contributed by atoms with Crippen molar-refractivity contribution in [1.29, 1.82) is 0 Å². The summed E-state index contributed by atoms with van der Waals surface area (Å²) in [6.07, 6.45) is 3.38. The van der Waals surface area contributed by atoms with Crippen LogP contribution < -0.4 is 0 Å². The first-order chi connectivity index (χ1) is 6.65. The zero-order chi connectivity index (χ0) is 11.9. The van der Waals surface area contributed by atoms with Crippen LogP contribution in [0.1, 0.15) is 40.3 Å². The van der Waals surface area contributed by atoms with E-state index in [1.165, 1.54) is 0 Å². The predicted molar refractivity (Wildman–Crippen MR) is 57.9 cm³/mol. The Hall–Kier alpha value is -1.32. The Morgan fingerprint density at radius 1 is 1.33 bits per heavy atom. The Morgan fingerprint density at radius 2 is 1.87 bits per heavy atom. The molecule has 1 rings (SSSR count). The van der Waals surface area contributed by atoms with Gasteiger partial charge in [0.05, 0.1) is 12.0 Å². The monoisotopic (exact) mass is 210 g/mol. The van der Waals surface area contributed by atoms with E-state index < -0.39 is 11.5 Å². The number of aliphatic carboxylic acids is 1. The minimum Gasteiger partial charge on any atom is -0.480 e. The molecule has 0 aliphatic heterocycles. The quantitative estimate of drug-likeness (QED) is 0.812. The van der Waals surface area contributed by atoms with Crippen LogP contribution in [0.3, 0.4) is 0 Å². The second-order valence-corrected chi connectivity index (χ2v) is 5.28. The Bertz CT molecular complexity index is 372. The summed E-state index contributed by atoms with van der Waals surface area (Å²) in [6.45, 7) is 9.46. The number of nitrogens with zero attached hydrogens (tertiary/aromatic N) is 2. The highest BCUT2D eigenvalue weighted by Gasteiger charge is 2.30. The van der Waals surface area contributed by atoms with Gasteiger partial charge in [-0.1, -0.05) is 20.8 Å². The number of aromatic nitrogens is 2. The Kier molecular flexibility index (Phi) is 2.63. The lowest BCUT2D eigenvalue weighted by Crippen LogP contribution is -2.34. The molecular weight excluding hydrogens is 192 g/mol. The molecule has 4 nitrogen and oxygen atoms in total. The standard InChI is InChI=1S/C11H18N2O2/c1-10(2,3)8-6-13(7-12-8)11(4,5)9(14)15/h6-7H,1-5H3,(H,14,15). The molecule has 0 radical (unpaired) electrons. The van der Waals surface area contributed by atoms with Crippen molar-refractivity contribution in [2.24, 2.45) is 0 Å². The van der Waals surface area contributed by atoms with Crippen molar-refractivity contribution in [2.75, 3.05) is 0 Å². The molecule has 0 spiro atoms. The maximum absolute atomic E-state index is 11.0. The van der Waals surface area contributed by atoms with E-state index in [0.717, 1.165) is 5.69 Å². The van der Waals surface area contributed by atoms with Crippen molar-refractivity contribution < 1.29 is 9.90 Å². The molecule has 0 unspecified atom stereocenters. The Balaban J connectivity index is 3.10. The molecule has 0 fully saturated rings. The van der Waals surface area contributed by atoms with E-state index in [1.807, 2.05) is 20.8 Å². The van der Waals surface area contributed by atoms with Crippen LogP contribution in [-0.4, -0.2) is 20.6 Å². The number of hydrogen-bond acceptors (Lipinski definition) is 2. The van der Waals surface area contributed by atoms with E-state index in [-0.39, 0.29) is 5.41 Å². The van der Waals surface area contributed by atoms with E-state index in [2.05, 4.69) is 4.98 Å². The maximum Gasteiger partial charge on any atom is 0.329 e. The van der Waals surface area contributed by atoms with Crippen molar-refractivity contribution in [2.45, 2.75) is 45.6 Å². The van der Waals surface area contributed by atoms with Gasteiger partial charge in [0, 0.05) is 11.6 Å². The molecule has 1 heterocycles. The number of carboxylic acid groups (broad SMARTS) is 1. The van der Waals surface area contributed by atoms with E-state index >= 15 is 0 Å². The average Bonchev–Trinajstić information content (AvgIpc) is 2.50. The summed E-state index contributed by atoms with van der Waals surface area (Å²) >= 11 is 0. The fraction of sp³-hybridized carbons (Fsp3) is 0.636. The van der Waals surface area contributed by atoms with Crippen molar-refractivity contribution in [1.82, 2.24) is 9.55 Å². The molecule has 0 bridgehead atoms. The molecule has 0 atom stereocenters. The van der Waals surface area contributed by atoms with Crippen LogP contribution in [-0.2, 0) is 15.7 Å². The van der Waals surface area contributed by atoms with Gasteiger partial charge in [-0.3, -0.25) is 0 Å². The highest BCUT2D eigenvalue weighted by Crippen LogP contribution is 2.23. The van der Waals surface area contributed by atoms with Gasteiger partial charge in [0.15, 0.2) is 0 Å². The molecule has 0 saturated heterocycles. The zero-order valence-electron chi connectivity index (χ0n) is 9.90. The third kappa shape index (κ3) is 2.19. The molecule has 15 heavy (non-hydrogen) atoms. The zero-order valence-corrected chi connectivity index (χ0v) is 9.90. The van der Waals surface area contributed by atoms with Gasteiger partial charge in [0.1, 0.15) is 5.54 Å². The summed E-state index contributed by atoms with van der Waals surface area (Å²) in [5.74, 6) is -0.861. The third-order valence-corrected chi connectivity index (χ3v) is 2.52. The molecule has 1 aromatic rings. The summed E-state index contributed by atoms with van der Waals surface area (Å²) < 4.78 is 1.63. The molecule has 1 N–H and O–H groups in total. The molecular formula is C11H18N2O2. The van der Waals surface area contributed by atoms with E-state index in [9.17, 15) is 4.79 Å². The van der Waals surface area contributed by atoms with Gasteiger partial charge >= 0.3 is 5.97 Å². The summed E-state index contributed by atoms with van der Waals surface area (Å²) in [5, 5.41) is 9.06. The first kappa shape index (κ1) is 11.8. The van der Waals surface area contributed by atoms with Crippen LogP contribution in [0.4, 0.5) is 0 Å². The molecule has 0 aromatic carbocycles. The largest absolute Gasteiger partial charge is 0.480 e. The second-order valence-electron chi connectivity index (χ2n) is 5.28. The van der Waals surface area contributed by atoms with E-state index in [4.69, 9.17) is 5.11 Å². The fourth-order valence-corrected chi connectivity index (χ4v) is 1.13. The molecule has 0 aliphatic carbocycles. The van der Waals surface area contributed by atoms with Gasteiger partial charge in [-0.05, 0) is 13.8 Å². The maximum atomic E-state index is 11.0. The number of imidazole rings is 1. The Labute approximate surface area is 89.9 Å². The van der Waals surface area contributed by atoms with Crippen molar-refractivity contribution in [3.05, 3.63) is 18.2 Å². The lowest BCUT2D eigenvalue weighted by Gasteiger charge is -2.21. The van der Waals surface area contributed by atoms with Gasteiger partial charge in [-0.15, -0.1) is 0 Å². The highest BCUT2D eigenvalue weighted by molar-refractivity contribution is 5.75. The lowest BCUT2D eigenvalue weighted by molar-refractivity contribution is -0.145. The molecule has 0 amide bonds.